The van der Waals surface area contributed by atoms with E-state index in [0.29, 0.717) is 11.6 Å². The van der Waals surface area contributed by atoms with Gasteiger partial charge in [0.2, 0.25) is 0 Å². The summed E-state index contributed by atoms with van der Waals surface area (Å²) < 4.78 is 0. The van der Waals surface area contributed by atoms with Crippen molar-refractivity contribution < 1.29 is 0 Å². The normalized spacial score (nSPS) is 10.6. The highest BCUT2D eigenvalue weighted by molar-refractivity contribution is 6.29. The van der Waals surface area contributed by atoms with Gasteiger partial charge in [-0.25, -0.2) is 9.97 Å². The van der Waals surface area contributed by atoms with Crippen LogP contribution in [0.3, 0.4) is 0 Å². The van der Waals surface area contributed by atoms with Crippen LogP contribution >= 0.6 is 11.6 Å². The Kier molecular flexibility index (Phi) is 4.26. The molecule has 0 bridgehead atoms. The summed E-state index contributed by atoms with van der Waals surface area (Å²) in [6.07, 6.45) is 4.40. The summed E-state index contributed by atoms with van der Waals surface area (Å²) >= 11 is 5.97. The van der Waals surface area contributed by atoms with Gasteiger partial charge in [0.15, 0.2) is 0 Å². The smallest absolute Gasteiger partial charge is 0.133 e. The predicted octanol–water partition coefficient (Wildman–Crippen LogP) is 3.24. The average Bonchev–Trinajstić information content (AvgIpc) is 2.39. The number of hydrogen-bond acceptors (Lipinski definition) is 3. The molecule has 0 N–H and O–H groups in total. The maximum atomic E-state index is 5.97. The molecule has 0 unspecified atom stereocenters. The molecule has 2 aromatic heterocycles. The van der Waals surface area contributed by atoms with Gasteiger partial charge in [0.05, 0.1) is 5.69 Å². The van der Waals surface area contributed by atoms with Crippen LogP contribution in [0.2, 0.25) is 5.15 Å². The van der Waals surface area contributed by atoms with Gasteiger partial charge in [0, 0.05) is 24.7 Å². The molecule has 0 aliphatic carbocycles. The summed E-state index contributed by atoms with van der Waals surface area (Å²) in [5.41, 5.74) is 3.17. The minimum absolute atomic E-state index is 0.502. The Morgan fingerprint density at radius 1 is 1.06 bits per heavy atom. The molecule has 2 rings (SSSR count). The fraction of sp³-hybridized carbons (Fsp3) is 0.357. The minimum atomic E-state index is 0.502. The van der Waals surface area contributed by atoms with Crippen molar-refractivity contribution in [2.45, 2.75) is 33.1 Å². The number of halogens is 1. The molecule has 0 aliphatic rings. The molecular formula is C14H16ClN3. The van der Waals surface area contributed by atoms with E-state index in [2.05, 4.69) is 27.9 Å². The highest BCUT2D eigenvalue weighted by Gasteiger charge is 2.04. The molecule has 0 aromatic carbocycles. The highest BCUT2D eigenvalue weighted by Crippen LogP contribution is 2.12. The Labute approximate surface area is 112 Å². The van der Waals surface area contributed by atoms with E-state index < -0.39 is 0 Å². The van der Waals surface area contributed by atoms with Gasteiger partial charge >= 0.3 is 0 Å². The maximum absolute atomic E-state index is 5.97. The first-order chi connectivity index (χ1) is 8.71. The molecule has 0 atom stereocenters. The van der Waals surface area contributed by atoms with Crippen molar-refractivity contribution in [3.63, 3.8) is 0 Å². The van der Waals surface area contributed by atoms with Crippen LogP contribution in [-0.2, 0) is 19.3 Å². The lowest BCUT2D eigenvalue weighted by Gasteiger charge is -2.04. The standard InChI is InChI=1S/C14H16ClN3/c1-3-10-5-6-11(16-9-10)7-12-8-13(15)18-14(4-2)17-12/h5-6,8-9H,3-4,7H2,1-2H3. The number of pyridine rings is 1. The van der Waals surface area contributed by atoms with Crippen molar-refractivity contribution in [2.24, 2.45) is 0 Å². The number of aryl methyl sites for hydroxylation is 2. The Bertz CT molecular complexity index is 523. The Hall–Kier alpha value is -1.48. The van der Waals surface area contributed by atoms with E-state index in [9.17, 15) is 0 Å². The second kappa shape index (κ2) is 5.91. The summed E-state index contributed by atoms with van der Waals surface area (Å²) in [7, 11) is 0. The predicted molar refractivity (Wildman–Crippen MR) is 72.8 cm³/mol. The molecule has 3 nitrogen and oxygen atoms in total. The Morgan fingerprint density at radius 3 is 2.50 bits per heavy atom. The minimum Gasteiger partial charge on any atom is -0.261 e. The molecule has 2 aromatic rings. The first kappa shape index (κ1) is 13.0. The van der Waals surface area contributed by atoms with Gasteiger partial charge in [-0.05, 0) is 24.1 Å². The lowest BCUT2D eigenvalue weighted by atomic mass is 10.1. The number of rotatable bonds is 4. The molecule has 0 saturated carbocycles. The van der Waals surface area contributed by atoms with E-state index in [1.807, 2.05) is 19.2 Å². The third-order valence-electron chi connectivity index (χ3n) is 2.77. The first-order valence-corrected chi connectivity index (χ1v) is 6.55. The van der Waals surface area contributed by atoms with Crippen molar-refractivity contribution in [2.75, 3.05) is 0 Å². The third kappa shape index (κ3) is 3.26. The lowest BCUT2D eigenvalue weighted by Crippen LogP contribution is -2.01. The number of nitrogens with zero attached hydrogens (tertiary/aromatic N) is 3. The molecule has 0 amide bonds. The molecule has 2 heterocycles. The molecular weight excluding hydrogens is 246 g/mol. The van der Waals surface area contributed by atoms with Crippen LogP contribution in [0.1, 0.15) is 36.6 Å². The topological polar surface area (TPSA) is 38.7 Å². The Morgan fingerprint density at radius 2 is 1.89 bits per heavy atom. The molecule has 0 aliphatic heterocycles. The third-order valence-corrected chi connectivity index (χ3v) is 2.96. The molecule has 0 radical (unpaired) electrons. The van der Waals surface area contributed by atoms with Gasteiger partial charge in [0.1, 0.15) is 11.0 Å². The van der Waals surface area contributed by atoms with E-state index in [4.69, 9.17) is 11.6 Å². The summed E-state index contributed by atoms with van der Waals surface area (Å²) in [6.45, 7) is 4.14. The van der Waals surface area contributed by atoms with Crippen LogP contribution in [0, 0.1) is 0 Å². The number of aromatic nitrogens is 3. The van der Waals surface area contributed by atoms with Crippen molar-refractivity contribution in [1.29, 1.82) is 0 Å². The van der Waals surface area contributed by atoms with Crippen LogP contribution in [0.5, 0.6) is 0 Å². The Balaban J connectivity index is 2.19. The van der Waals surface area contributed by atoms with Crippen molar-refractivity contribution in [1.82, 2.24) is 15.0 Å². The largest absolute Gasteiger partial charge is 0.261 e. The van der Waals surface area contributed by atoms with Crippen LogP contribution in [0.15, 0.2) is 24.4 Å². The molecule has 0 fully saturated rings. The molecule has 0 spiro atoms. The van der Waals surface area contributed by atoms with E-state index in [0.717, 1.165) is 30.1 Å². The zero-order valence-corrected chi connectivity index (χ0v) is 11.4. The molecule has 94 valence electrons. The molecule has 18 heavy (non-hydrogen) atoms. The summed E-state index contributed by atoms with van der Waals surface area (Å²) in [5, 5.41) is 0.502. The van der Waals surface area contributed by atoms with E-state index in [-0.39, 0.29) is 0 Å². The maximum Gasteiger partial charge on any atom is 0.133 e. The fourth-order valence-corrected chi connectivity index (χ4v) is 1.94. The fourth-order valence-electron chi connectivity index (χ4n) is 1.72. The average molecular weight is 262 g/mol. The SMILES string of the molecule is CCc1ccc(Cc2cc(Cl)nc(CC)n2)nc1. The van der Waals surface area contributed by atoms with Crippen LogP contribution in [-0.4, -0.2) is 15.0 Å². The van der Waals surface area contributed by atoms with Gasteiger partial charge in [0.25, 0.3) is 0 Å². The molecule has 0 saturated heterocycles. The van der Waals surface area contributed by atoms with Gasteiger partial charge < -0.3 is 0 Å². The summed E-state index contributed by atoms with van der Waals surface area (Å²) in [5.74, 6) is 0.780. The second-order valence-corrected chi connectivity index (χ2v) is 4.53. The van der Waals surface area contributed by atoms with E-state index in [1.165, 1.54) is 5.56 Å². The number of hydrogen-bond donors (Lipinski definition) is 0. The van der Waals surface area contributed by atoms with Crippen LogP contribution in [0.4, 0.5) is 0 Å². The van der Waals surface area contributed by atoms with E-state index in [1.54, 1.807) is 6.07 Å². The van der Waals surface area contributed by atoms with Gasteiger partial charge in [-0.1, -0.05) is 31.5 Å². The lowest BCUT2D eigenvalue weighted by molar-refractivity contribution is 0.887. The summed E-state index contributed by atoms with van der Waals surface area (Å²) in [6, 6.07) is 5.95. The van der Waals surface area contributed by atoms with Gasteiger partial charge in [-0.15, -0.1) is 0 Å². The van der Waals surface area contributed by atoms with Crippen LogP contribution < -0.4 is 0 Å². The van der Waals surface area contributed by atoms with Gasteiger partial charge in [-0.3, -0.25) is 4.98 Å². The summed E-state index contributed by atoms with van der Waals surface area (Å²) in [4.78, 5) is 13.0. The molecule has 4 heteroatoms. The van der Waals surface area contributed by atoms with Crippen molar-refractivity contribution >= 4 is 11.6 Å². The first-order valence-electron chi connectivity index (χ1n) is 6.17. The monoisotopic (exact) mass is 261 g/mol. The highest BCUT2D eigenvalue weighted by atomic mass is 35.5. The zero-order valence-electron chi connectivity index (χ0n) is 10.7. The van der Waals surface area contributed by atoms with Crippen molar-refractivity contribution in [3.8, 4) is 0 Å². The zero-order chi connectivity index (χ0) is 13.0. The quantitative estimate of drug-likeness (QED) is 0.793. The van der Waals surface area contributed by atoms with E-state index >= 15 is 0 Å². The van der Waals surface area contributed by atoms with Crippen molar-refractivity contribution in [3.05, 3.63) is 52.3 Å². The van der Waals surface area contributed by atoms with Crippen LogP contribution in [0.25, 0.3) is 0 Å². The van der Waals surface area contributed by atoms with Gasteiger partial charge in [-0.2, -0.15) is 0 Å². The second-order valence-electron chi connectivity index (χ2n) is 4.14.